The zero-order chi connectivity index (χ0) is 23.0. The van der Waals surface area contributed by atoms with Gasteiger partial charge in [0.25, 0.3) is 0 Å². The van der Waals surface area contributed by atoms with Gasteiger partial charge in [0.05, 0.1) is 31.1 Å². The third-order valence-corrected chi connectivity index (χ3v) is 5.86. The Morgan fingerprint density at radius 1 is 1.24 bits per heavy atom. The van der Waals surface area contributed by atoms with Gasteiger partial charge in [-0.15, -0.1) is 0 Å². The Morgan fingerprint density at radius 3 is 2.85 bits per heavy atom. The molecule has 1 atom stereocenters. The van der Waals surface area contributed by atoms with Crippen LogP contribution in [0.25, 0.3) is 11.4 Å². The number of para-hydroxylation sites is 1. The van der Waals surface area contributed by atoms with Gasteiger partial charge in [0.15, 0.2) is 0 Å². The molecule has 1 amide bonds. The first kappa shape index (κ1) is 23.1. The number of methoxy groups -OCH3 is 1. The first-order valence-electron chi connectivity index (χ1n) is 11.0. The summed E-state index contributed by atoms with van der Waals surface area (Å²) in [6.45, 7) is 2.84. The van der Waals surface area contributed by atoms with E-state index in [2.05, 4.69) is 20.4 Å². The van der Waals surface area contributed by atoms with E-state index in [0.717, 1.165) is 30.7 Å². The first-order valence-corrected chi connectivity index (χ1v) is 11.3. The summed E-state index contributed by atoms with van der Waals surface area (Å²) < 4.78 is 16.3. The molecule has 1 unspecified atom stereocenters. The molecule has 9 heteroatoms. The molecule has 2 aromatic carbocycles. The summed E-state index contributed by atoms with van der Waals surface area (Å²) in [5.41, 5.74) is 0.862. The number of aromatic nitrogens is 2. The number of carbonyl (C=O) groups excluding carboxylic acids is 1. The maximum absolute atomic E-state index is 12.6. The molecule has 3 aromatic rings. The average molecular weight is 471 g/mol. The molecule has 8 nitrogen and oxygen atoms in total. The number of nitrogens with zero attached hydrogens (tertiary/aromatic N) is 3. The molecule has 1 N–H and O–H groups in total. The van der Waals surface area contributed by atoms with Gasteiger partial charge in [-0.2, -0.15) is 4.98 Å². The van der Waals surface area contributed by atoms with Crippen molar-refractivity contribution in [3.05, 3.63) is 59.4 Å². The maximum Gasteiger partial charge on any atom is 0.241 e. The Kier molecular flexibility index (Phi) is 7.80. The highest BCUT2D eigenvalue weighted by Crippen LogP contribution is 2.23. The standard InChI is InChI=1S/C24H27ClN4O4/c1-31-19-10-8-17(9-11-19)23-27-22(33-28-23)16-29-13-4-5-18(15-29)24(30)26-12-14-32-21-7-3-2-6-20(21)25/h2-3,6-11,18H,4-5,12-16H2,1H3,(H,26,30). The molecule has 2 heterocycles. The first-order chi connectivity index (χ1) is 16.1. The zero-order valence-electron chi connectivity index (χ0n) is 18.5. The van der Waals surface area contributed by atoms with Crippen LogP contribution in [0.15, 0.2) is 53.1 Å². The molecule has 0 bridgehead atoms. The number of halogens is 1. The Hall–Kier alpha value is -3.10. The maximum atomic E-state index is 12.6. The Labute approximate surface area is 197 Å². The molecule has 1 aliphatic heterocycles. The highest BCUT2D eigenvalue weighted by molar-refractivity contribution is 6.32. The minimum Gasteiger partial charge on any atom is -0.497 e. The lowest BCUT2D eigenvalue weighted by Gasteiger charge is -2.30. The fourth-order valence-corrected chi connectivity index (χ4v) is 4.01. The number of benzene rings is 2. The van der Waals surface area contributed by atoms with Crippen molar-refractivity contribution >= 4 is 17.5 Å². The van der Waals surface area contributed by atoms with Gasteiger partial charge in [-0.25, -0.2) is 0 Å². The van der Waals surface area contributed by atoms with E-state index in [1.54, 1.807) is 19.2 Å². The van der Waals surface area contributed by atoms with E-state index in [0.29, 0.717) is 48.7 Å². The molecule has 1 aliphatic rings. The van der Waals surface area contributed by atoms with Crippen molar-refractivity contribution in [1.82, 2.24) is 20.4 Å². The lowest BCUT2D eigenvalue weighted by atomic mass is 9.97. The van der Waals surface area contributed by atoms with E-state index in [1.165, 1.54) is 0 Å². The second-order valence-corrected chi connectivity index (χ2v) is 8.29. The lowest BCUT2D eigenvalue weighted by Crippen LogP contribution is -2.43. The number of carbonyl (C=O) groups is 1. The number of amides is 1. The van der Waals surface area contributed by atoms with E-state index in [4.69, 9.17) is 25.6 Å². The van der Waals surface area contributed by atoms with Crippen LogP contribution in [0.2, 0.25) is 5.02 Å². The molecule has 4 rings (SSSR count). The van der Waals surface area contributed by atoms with E-state index >= 15 is 0 Å². The fourth-order valence-electron chi connectivity index (χ4n) is 3.82. The van der Waals surface area contributed by atoms with Crippen LogP contribution >= 0.6 is 11.6 Å². The van der Waals surface area contributed by atoms with Crippen LogP contribution in [-0.2, 0) is 11.3 Å². The van der Waals surface area contributed by atoms with Crippen LogP contribution < -0.4 is 14.8 Å². The second-order valence-electron chi connectivity index (χ2n) is 7.88. The minimum atomic E-state index is -0.0805. The summed E-state index contributed by atoms with van der Waals surface area (Å²) in [4.78, 5) is 19.3. The smallest absolute Gasteiger partial charge is 0.241 e. The van der Waals surface area contributed by atoms with Gasteiger partial charge < -0.3 is 19.3 Å². The van der Waals surface area contributed by atoms with Gasteiger partial charge in [-0.1, -0.05) is 28.9 Å². The monoisotopic (exact) mass is 470 g/mol. The molecule has 0 spiro atoms. The topological polar surface area (TPSA) is 89.7 Å². The molecule has 174 valence electrons. The normalized spacial score (nSPS) is 16.4. The van der Waals surface area contributed by atoms with Crippen molar-refractivity contribution < 1.29 is 18.8 Å². The number of piperidine rings is 1. The number of likely N-dealkylation sites (tertiary alicyclic amines) is 1. The molecule has 0 radical (unpaired) electrons. The third kappa shape index (κ3) is 6.24. The van der Waals surface area contributed by atoms with Crippen LogP contribution in [0.5, 0.6) is 11.5 Å². The highest BCUT2D eigenvalue weighted by atomic mass is 35.5. The van der Waals surface area contributed by atoms with E-state index in [1.807, 2.05) is 36.4 Å². The van der Waals surface area contributed by atoms with Gasteiger partial charge in [0.2, 0.25) is 17.6 Å². The Morgan fingerprint density at radius 2 is 2.06 bits per heavy atom. The molecule has 1 fully saturated rings. The van der Waals surface area contributed by atoms with Crippen molar-refractivity contribution in [2.24, 2.45) is 5.92 Å². The van der Waals surface area contributed by atoms with E-state index < -0.39 is 0 Å². The van der Waals surface area contributed by atoms with Crippen LogP contribution in [0.4, 0.5) is 0 Å². The Bertz CT molecular complexity index is 1060. The van der Waals surface area contributed by atoms with Crippen molar-refractivity contribution in [3.63, 3.8) is 0 Å². The summed E-state index contributed by atoms with van der Waals surface area (Å²) in [5.74, 6) is 2.42. The van der Waals surface area contributed by atoms with Gasteiger partial charge in [-0.05, 0) is 55.8 Å². The van der Waals surface area contributed by atoms with Crippen LogP contribution in [0.3, 0.4) is 0 Å². The minimum absolute atomic E-state index is 0.0342. The number of hydrogen-bond donors (Lipinski definition) is 1. The molecule has 1 saturated heterocycles. The number of ether oxygens (including phenoxy) is 2. The van der Waals surface area contributed by atoms with Crippen LogP contribution in [0, 0.1) is 5.92 Å². The average Bonchev–Trinajstić information content (AvgIpc) is 3.31. The van der Waals surface area contributed by atoms with Crippen LogP contribution in [0.1, 0.15) is 18.7 Å². The summed E-state index contributed by atoms with van der Waals surface area (Å²) in [6.07, 6.45) is 1.79. The van der Waals surface area contributed by atoms with Crippen molar-refractivity contribution in [2.75, 3.05) is 33.4 Å². The van der Waals surface area contributed by atoms with E-state index in [9.17, 15) is 4.79 Å². The molecule has 33 heavy (non-hydrogen) atoms. The van der Waals surface area contributed by atoms with Crippen molar-refractivity contribution in [1.29, 1.82) is 0 Å². The van der Waals surface area contributed by atoms with Gasteiger partial charge in [0.1, 0.15) is 18.1 Å². The van der Waals surface area contributed by atoms with Gasteiger partial charge in [0, 0.05) is 12.1 Å². The largest absolute Gasteiger partial charge is 0.497 e. The predicted octanol–water partition coefficient (Wildman–Crippen LogP) is 3.81. The molecular weight excluding hydrogens is 444 g/mol. The number of hydrogen-bond acceptors (Lipinski definition) is 7. The summed E-state index contributed by atoms with van der Waals surface area (Å²) in [6, 6.07) is 14.8. The van der Waals surface area contributed by atoms with Gasteiger partial charge in [-0.3, -0.25) is 9.69 Å². The lowest BCUT2D eigenvalue weighted by molar-refractivity contribution is -0.126. The van der Waals surface area contributed by atoms with E-state index in [-0.39, 0.29) is 11.8 Å². The molecule has 1 aromatic heterocycles. The number of nitrogens with one attached hydrogen (secondary N) is 1. The van der Waals surface area contributed by atoms with Crippen LogP contribution in [-0.4, -0.2) is 54.3 Å². The number of rotatable bonds is 9. The summed E-state index contributed by atoms with van der Waals surface area (Å²) in [5, 5.41) is 7.61. The second kappa shape index (κ2) is 11.2. The summed E-state index contributed by atoms with van der Waals surface area (Å²) >= 11 is 6.08. The fraction of sp³-hybridized carbons (Fsp3) is 0.375. The molecular formula is C24H27ClN4O4. The SMILES string of the molecule is COc1ccc(-c2noc(CN3CCCC(C(=O)NCCOc4ccccc4Cl)C3)n2)cc1. The quantitative estimate of drug-likeness (QED) is 0.475. The van der Waals surface area contributed by atoms with Crippen molar-refractivity contribution in [3.8, 4) is 22.9 Å². The van der Waals surface area contributed by atoms with Gasteiger partial charge >= 0.3 is 0 Å². The Balaban J connectivity index is 1.24. The predicted molar refractivity (Wildman–Crippen MR) is 124 cm³/mol. The highest BCUT2D eigenvalue weighted by Gasteiger charge is 2.26. The van der Waals surface area contributed by atoms with Crippen molar-refractivity contribution in [2.45, 2.75) is 19.4 Å². The molecule has 0 saturated carbocycles. The molecule has 0 aliphatic carbocycles. The zero-order valence-corrected chi connectivity index (χ0v) is 19.3. The third-order valence-electron chi connectivity index (χ3n) is 5.55. The summed E-state index contributed by atoms with van der Waals surface area (Å²) in [7, 11) is 1.63.